The molecule has 4 saturated carbocycles. The van der Waals surface area contributed by atoms with Gasteiger partial charge >= 0.3 is 6.03 Å². The van der Waals surface area contributed by atoms with Gasteiger partial charge in [0.15, 0.2) is 0 Å². The van der Waals surface area contributed by atoms with Crippen LogP contribution in [0.15, 0.2) is 0 Å². The lowest BCUT2D eigenvalue weighted by Crippen LogP contribution is -2.55. The summed E-state index contributed by atoms with van der Waals surface area (Å²) in [6.45, 7) is 11.9. The molecule has 0 aromatic rings. The molecule has 1 heterocycles. The van der Waals surface area contributed by atoms with Crippen LogP contribution in [-0.2, 0) is 4.74 Å². The lowest BCUT2D eigenvalue weighted by atomic mass is 9.45. The molecule has 2 bridgehead atoms. The van der Waals surface area contributed by atoms with E-state index in [9.17, 15) is 4.79 Å². The Morgan fingerprint density at radius 3 is 2.43 bits per heavy atom. The van der Waals surface area contributed by atoms with Gasteiger partial charge in [-0.25, -0.2) is 4.79 Å². The maximum Gasteiger partial charge on any atom is 0.315 e. The zero-order valence-electron chi connectivity index (χ0n) is 18.3. The summed E-state index contributed by atoms with van der Waals surface area (Å²) in [7, 11) is 0. The van der Waals surface area contributed by atoms with Crippen molar-refractivity contribution in [2.24, 2.45) is 23.2 Å². The van der Waals surface area contributed by atoms with E-state index in [0.717, 1.165) is 82.7 Å². The highest BCUT2D eigenvalue weighted by atomic mass is 16.5. The van der Waals surface area contributed by atoms with Gasteiger partial charge in [-0.1, -0.05) is 13.8 Å². The topological polar surface area (TPSA) is 53.6 Å². The molecular weight excluding hydrogens is 350 g/mol. The molecule has 0 spiro atoms. The lowest BCUT2D eigenvalue weighted by molar-refractivity contribution is -0.106. The second-order valence-electron chi connectivity index (χ2n) is 10.8. The van der Waals surface area contributed by atoms with Crippen LogP contribution in [0.25, 0.3) is 0 Å². The molecule has 5 aliphatic rings. The molecule has 1 aliphatic heterocycles. The monoisotopic (exact) mass is 391 g/mol. The van der Waals surface area contributed by atoms with Crippen molar-refractivity contribution < 1.29 is 9.53 Å². The van der Waals surface area contributed by atoms with E-state index in [4.69, 9.17) is 4.74 Å². The van der Waals surface area contributed by atoms with Crippen LogP contribution < -0.4 is 10.6 Å². The van der Waals surface area contributed by atoms with Gasteiger partial charge in [-0.15, -0.1) is 0 Å². The van der Waals surface area contributed by atoms with Gasteiger partial charge in [0.1, 0.15) is 0 Å². The molecule has 2 N–H and O–H groups in total. The molecule has 160 valence electrons. The number of rotatable bonds is 5. The van der Waals surface area contributed by atoms with Gasteiger partial charge in [-0.05, 0) is 81.5 Å². The van der Waals surface area contributed by atoms with E-state index in [1.54, 1.807) is 0 Å². The summed E-state index contributed by atoms with van der Waals surface area (Å²) in [4.78, 5) is 15.0. The van der Waals surface area contributed by atoms with Crippen molar-refractivity contribution in [1.29, 1.82) is 0 Å². The van der Waals surface area contributed by atoms with Crippen molar-refractivity contribution in [1.82, 2.24) is 15.5 Å². The SMILES string of the molecule is CC1(C)[C@H]2CC[C@@H](CCNC(=O)NC3CCC(C)(N4CCOCC4)CC3)[C@@H]1C2. The van der Waals surface area contributed by atoms with E-state index in [1.165, 1.54) is 19.3 Å². The predicted molar refractivity (Wildman–Crippen MR) is 112 cm³/mol. The minimum absolute atomic E-state index is 0.0431. The molecular formula is C23H41N3O2. The number of ether oxygens (including phenoxy) is 1. The lowest BCUT2D eigenvalue weighted by Gasteiger charge is -2.60. The molecule has 0 radical (unpaired) electrons. The maximum absolute atomic E-state index is 12.4. The highest BCUT2D eigenvalue weighted by Gasteiger charge is 2.53. The third-order valence-electron chi connectivity index (χ3n) is 8.97. The number of carbonyl (C=O) groups excluding carboxylic acids is 1. The van der Waals surface area contributed by atoms with Gasteiger partial charge in [-0.3, -0.25) is 4.90 Å². The summed E-state index contributed by atoms with van der Waals surface area (Å²) in [5.41, 5.74) is 0.827. The zero-order valence-corrected chi connectivity index (χ0v) is 18.3. The number of urea groups is 1. The van der Waals surface area contributed by atoms with Crippen molar-refractivity contribution in [3.8, 4) is 0 Å². The Morgan fingerprint density at radius 2 is 1.79 bits per heavy atom. The van der Waals surface area contributed by atoms with Gasteiger partial charge in [0.05, 0.1) is 13.2 Å². The Balaban J connectivity index is 1.14. The summed E-state index contributed by atoms with van der Waals surface area (Å²) < 4.78 is 5.50. The van der Waals surface area contributed by atoms with Crippen molar-refractivity contribution in [2.75, 3.05) is 32.8 Å². The second kappa shape index (κ2) is 8.14. The van der Waals surface area contributed by atoms with E-state index in [2.05, 4.69) is 36.3 Å². The van der Waals surface area contributed by atoms with E-state index in [1.807, 2.05) is 0 Å². The molecule has 4 aliphatic carbocycles. The summed E-state index contributed by atoms with van der Waals surface area (Å²) in [6.07, 6.45) is 9.83. The van der Waals surface area contributed by atoms with Crippen LogP contribution >= 0.6 is 0 Å². The summed E-state index contributed by atoms with van der Waals surface area (Å²) in [6, 6.07) is 0.372. The number of carbonyl (C=O) groups is 1. The molecule has 5 heteroatoms. The first-order valence-corrected chi connectivity index (χ1v) is 11.8. The number of amides is 2. The number of fused-ring (bicyclic) bond motifs is 2. The quantitative estimate of drug-likeness (QED) is 0.750. The zero-order chi connectivity index (χ0) is 19.8. The van der Waals surface area contributed by atoms with Crippen molar-refractivity contribution in [3.63, 3.8) is 0 Å². The van der Waals surface area contributed by atoms with Gasteiger partial charge in [0.25, 0.3) is 0 Å². The summed E-state index contributed by atoms with van der Waals surface area (Å²) >= 11 is 0. The van der Waals surface area contributed by atoms with Gasteiger partial charge in [-0.2, -0.15) is 0 Å². The van der Waals surface area contributed by atoms with Crippen LogP contribution in [0.1, 0.15) is 72.1 Å². The average Bonchev–Trinajstić information content (AvgIpc) is 2.70. The average molecular weight is 392 g/mol. The Morgan fingerprint density at radius 1 is 1.07 bits per heavy atom. The molecule has 2 amide bonds. The molecule has 5 fully saturated rings. The maximum atomic E-state index is 12.4. The number of hydrogen-bond donors (Lipinski definition) is 2. The highest BCUT2D eigenvalue weighted by Crippen LogP contribution is 2.61. The molecule has 3 atom stereocenters. The molecule has 28 heavy (non-hydrogen) atoms. The van der Waals surface area contributed by atoms with Gasteiger partial charge in [0.2, 0.25) is 0 Å². The standard InChI is InChI=1S/C23H41N3O2/c1-22(2)18-5-4-17(20(22)16-18)8-11-24-21(27)25-19-6-9-23(3,10-7-19)26-12-14-28-15-13-26/h17-20H,4-16H2,1-3H3,(H2,24,25,27)/t17-,18-,19?,20-,23?/m0/s1. The number of nitrogens with one attached hydrogen (secondary N) is 2. The normalized spacial score (nSPS) is 40.4. The molecule has 1 saturated heterocycles. The minimum Gasteiger partial charge on any atom is -0.379 e. The molecule has 5 nitrogen and oxygen atoms in total. The summed E-state index contributed by atoms with van der Waals surface area (Å²) in [5, 5.41) is 6.39. The molecule has 0 aromatic heterocycles. The van der Waals surface area contributed by atoms with Crippen molar-refractivity contribution >= 4 is 6.03 Å². The van der Waals surface area contributed by atoms with E-state index < -0.39 is 0 Å². The Labute approximate surface area is 171 Å². The summed E-state index contributed by atoms with van der Waals surface area (Å²) in [5.74, 6) is 2.65. The fourth-order valence-electron chi connectivity index (χ4n) is 6.72. The van der Waals surface area contributed by atoms with Crippen LogP contribution in [0.4, 0.5) is 4.79 Å². The fourth-order valence-corrected chi connectivity index (χ4v) is 6.72. The van der Waals surface area contributed by atoms with Crippen LogP contribution in [0.3, 0.4) is 0 Å². The first-order valence-electron chi connectivity index (χ1n) is 11.8. The number of nitrogens with zero attached hydrogens (tertiary/aromatic N) is 1. The highest BCUT2D eigenvalue weighted by molar-refractivity contribution is 5.74. The number of morpholine rings is 1. The second-order valence-corrected chi connectivity index (χ2v) is 10.8. The van der Waals surface area contributed by atoms with E-state index in [-0.39, 0.29) is 11.6 Å². The van der Waals surface area contributed by atoms with Crippen LogP contribution in [0.2, 0.25) is 0 Å². The first kappa shape index (κ1) is 20.5. The molecule has 0 unspecified atom stereocenters. The third kappa shape index (κ3) is 4.07. The van der Waals surface area contributed by atoms with Crippen LogP contribution in [-0.4, -0.2) is 55.4 Å². The van der Waals surface area contributed by atoms with Crippen LogP contribution in [0.5, 0.6) is 0 Å². The Kier molecular flexibility index (Phi) is 5.95. The van der Waals surface area contributed by atoms with E-state index >= 15 is 0 Å². The van der Waals surface area contributed by atoms with Crippen molar-refractivity contribution in [2.45, 2.75) is 83.7 Å². The minimum atomic E-state index is 0.0431. The Bertz CT molecular complexity index is 548. The Hall–Kier alpha value is -0.810. The fraction of sp³-hybridized carbons (Fsp3) is 0.957. The van der Waals surface area contributed by atoms with Crippen molar-refractivity contribution in [3.05, 3.63) is 0 Å². The van der Waals surface area contributed by atoms with Gasteiger partial charge in [0, 0.05) is 31.2 Å². The number of hydrogen-bond acceptors (Lipinski definition) is 3. The molecule has 0 aromatic carbocycles. The smallest absolute Gasteiger partial charge is 0.315 e. The van der Waals surface area contributed by atoms with Gasteiger partial charge < -0.3 is 15.4 Å². The first-order chi connectivity index (χ1) is 13.4. The van der Waals surface area contributed by atoms with E-state index in [0.29, 0.717) is 11.5 Å². The molecule has 5 rings (SSSR count). The van der Waals surface area contributed by atoms with Crippen LogP contribution in [0, 0.1) is 23.2 Å². The predicted octanol–water partition coefficient (Wildman–Crippen LogP) is 3.78. The largest absolute Gasteiger partial charge is 0.379 e. The third-order valence-corrected chi connectivity index (χ3v) is 8.97.